The minimum absolute atomic E-state index is 0.0322. The second kappa shape index (κ2) is 13.0. The third-order valence-corrected chi connectivity index (χ3v) is 7.82. The van der Waals surface area contributed by atoms with Gasteiger partial charge in [-0.25, -0.2) is 19.0 Å². The molecule has 4 N–H and O–H groups in total. The lowest BCUT2D eigenvalue weighted by atomic mass is 9.98. The highest BCUT2D eigenvalue weighted by atomic mass is 16.7. The van der Waals surface area contributed by atoms with Gasteiger partial charge in [-0.1, -0.05) is 20.6 Å². The van der Waals surface area contributed by atoms with Crippen molar-refractivity contribution in [1.29, 1.82) is 0 Å². The van der Waals surface area contributed by atoms with Crippen molar-refractivity contribution in [3.63, 3.8) is 0 Å². The van der Waals surface area contributed by atoms with Crippen molar-refractivity contribution in [3.05, 3.63) is 92.9 Å². The summed E-state index contributed by atoms with van der Waals surface area (Å²) in [6.07, 6.45) is -3.34. The molecule has 0 spiro atoms. The number of hydrogen-bond donors (Lipinski definition) is 4. The average molecular weight is 677 g/mol. The summed E-state index contributed by atoms with van der Waals surface area (Å²) in [4.78, 5) is 25.1. The molecule has 254 valence electrons. The summed E-state index contributed by atoms with van der Waals surface area (Å²) in [6, 6.07) is 12.0. The van der Waals surface area contributed by atoms with E-state index in [1.165, 1.54) is 53.1 Å². The summed E-state index contributed by atoms with van der Waals surface area (Å²) in [5, 5.41) is 57.8. The number of nitrogens with zero attached hydrogens (tertiary/aromatic N) is 6. The van der Waals surface area contributed by atoms with Crippen LogP contribution in [-0.4, -0.2) is 94.8 Å². The van der Waals surface area contributed by atoms with E-state index in [0.29, 0.717) is 10.8 Å². The Balaban J connectivity index is 1.10. The Morgan fingerprint density at radius 3 is 1.78 bits per heavy atom. The van der Waals surface area contributed by atoms with E-state index < -0.39 is 48.6 Å². The molecular weight excluding hydrogens is 648 g/mol. The van der Waals surface area contributed by atoms with E-state index in [1.807, 2.05) is 0 Å². The molecule has 4 aromatic heterocycles. The first-order valence-corrected chi connectivity index (χ1v) is 14.8. The highest BCUT2D eigenvalue weighted by Crippen LogP contribution is 2.29. The van der Waals surface area contributed by atoms with Crippen LogP contribution in [0.1, 0.15) is 11.1 Å². The van der Waals surface area contributed by atoms with E-state index in [4.69, 9.17) is 27.8 Å². The van der Waals surface area contributed by atoms with Gasteiger partial charge in [0.25, 0.3) is 11.8 Å². The van der Waals surface area contributed by atoms with Crippen molar-refractivity contribution < 1.29 is 48.2 Å². The fraction of sp³-hybridized carbons (Fsp3) is 0.290. The van der Waals surface area contributed by atoms with E-state index >= 15 is 0 Å². The predicted molar refractivity (Wildman–Crippen MR) is 164 cm³/mol. The maximum absolute atomic E-state index is 12.6. The lowest BCUT2D eigenvalue weighted by Crippen LogP contribution is -2.63. The second-order valence-electron chi connectivity index (χ2n) is 11.2. The van der Waals surface area contributed by atoms with Crippen molar-refractivity contribution in [2.45, 2.75) is 43.8 Å². The fourth-order valence-electron chi connectivity index (χ4n) is 5.47. The molecule has 0 aliphatic carbocycles. The van der Waals surface area contributed by atoms with Crippen molar-refractivity contribution in [3.8, 4) is 23.3 Å². The van der Waals surface area contributed by atoms with Gasteiger partial charge in [-0.05, 0) is 36.4 Å². The van der Waals surface area contributed by atoms with Crippen LogP contribution in [0.25, 0.3) is 21.9 Å². The molecule has 1 saturated heterocycles. The number of aromatic hydroxyl groups is 2. The Labute approximate surface area is 273 Å². The van der Waals surface area contributed by atoms with Gasteiger partial charge in [-0.3, -0.25) is 0 Å². The monoisotopic (exact) mass is 676 g/mol. The average Bonchev–Trinajstić information content (AvgIpc) is 3.72. The van der Waals surface area contributed by atoms with Crippen LogP contribution in [-0.2, 0) is 22.6 Å². The number of fused-ring (bicyclic) bond motifs is 2. The van der Waals surface area contributed by atoms with E-state index in [1.54, 1.807) is 24.3 Å². The number of ether oxygens (including phenoxy) is 4. The number of aliphatic hydroxyl groups excluding tert-OH is 2. The van der Waals surface area contributed by atoms with Crippen LogP contribution in [0.4, 0.5) is 0 Å². The first kappa shape index (κ1) is 31.8. The number of hydrogen-bond acceptors (Lipinski definition) is 16. The van der Waals surface area contributed by atoms with Crippen molar-refractivity contribution in [2.75, 3.05) is 13.7 Å². The van der Waals surface area contributed by atoms with Crippen LogP contribution >= 0.6 is 0 Å². The van der Waals surface area contributed by atoms with E-state index in [0.717, 1.165) is 0 Å². The molecule has 18 heteroatoms. The SMILES string of the molecule is CO[C@H]1O[C@H](CO)[C@H](Oc2cn(Cc3cc4ccc(O)cc4oc3=O)nn2)[C@H](Oc2cn(Cc3cc4ccc(O)cc4oc3=O)nn2)[C@H]1O. The number of phenols is 2. The van der Waals surface area contributed by atoms with Crippen molar-refractivity contribution >= 4 is 21.9 Å². The Kier molecular flexibility index (Phi) is 8.43. The van der Waals surface area contributed by atoms with Gasteiger partial charge in [-0.2, -0.15) is 0 Å². The highest BCUT2D eigenvalue weighted by Gasteiger charge is 2.49. The smallest absolute Gasteiger partial charge is 0.341 e. The van der Waals surface area contributed by atoms with Gasteiger partial charge in [0.15, 0.2) is 18.5 Å². The molecule has 0 saturated carbocycles. The summed E-state index contributed by atoms with van der Waals surface area (Å²) in [5.74, 6) is -0.178. The molecule has 0 unspecified atom stereocenters. The predicted octanol–water partition coefficient (Wildman–Crippen LogP) is 0.510. The molecule has 5 heterocycles. The molecule has 6 aromatic rings. The standard InChI is InChI=1S/C31H28N6O12/c1-44-31-26(41)28(49-25-13-37(35-33-25)11-18-7-16-3-5-20(40)9-22(16)46-30(18)43)27(23(14-38)47-31)48-24-12-36(34-32-24)10-17-6-15-2-4-19(39)8-21(15)45-29(17)42/h2-9,12-13,23,26-28,31,38-41H,10-11,14H2,1H3/t23-,26-,27+,28-,31+/m1/s1. The molecule has 5 atom stereocenters. The fourth-order valence-corrected chi connectivity index (χ4v) is 5.47. The van der Waals surface area contributed by atoms with Gasteiger partial charge in [0.1, 0.15) is 34.9 Å². The van der Waals surface area contributed by atoms with E-state index in [-0.39, 0.29) is 58.6 Å². The number of benzene rings is 2. The Morgan fingerprint density at radius 1 is 0.776 bits per heavy atom. The van der Waals surface area contributed by atoms with Crippen LogP contribution in [0.5, 0.6) is 23.3 Å². The minimum atomic E-state index is -1.44. The van der Waals surface area contributed by atoms with Crippen LogP contribution < -0.4 is 20.7 Å². The molecule has 0 amide bonds. The first-order valence-electron chi connectivity index (χ1n) is 14.8. The van der Waals surface area contributed by atoms with Crippen LogP contribution in [0.2, 0.25) is 0 Å². The zero-order chi connectivity index (χ0) is 34.2. The third kappa shape index (κ3) is 6.52. The second-order valence-corrected chi connectivity index (χ2v) is 11.2. The number of aliphatic hydroxyl groups is 2. The van der Waals surface area contributed by atoms with Crippen LogP contribution in [0, 0.1) is 0 Å². The number of phenolic OH excluding ortho intramolecular Hbond substituents is 2. The zero-order valence-electron chi connectivity index (χ0n) is 25.5. The molecule has 1 fully saturated rings. The molecule has 49 heavy (non-hydrogen) atoms. The Hall–Kier alpha value is -5.82. The van der Waals surface area contributed by atoms with E-state index in [2.05, 4.69) is 20.6 Å². The van der Waals surface area contributed by atoms with Gasteiger partial charge >= 0.3 is 11.3 Å². The van der Waals surface area contributed by atoms with Crippen molar-refractivity contribution in [1.82, 2.24) is 30.0 Å². The summed E-state index contributed by atoms with van der Waals surface area (Å²) >= 11 is 0. The lowest BCUT2D eigenvalue weighted by molar-refractivity contribution is -0.286. The number of methoxy groups -OCH3 is 1. The Bertz CT molecular complexity index is 2250. The molecule has 18 nitrogen and oxygen atoms in total. The normalized spacial score (nSPS) is 20.9. The topological polar surface area (TPSA) is 240 Å². The molecule has 7 rings (SSSR count). The molecule has 1 aliphatic rings. The molecule has 0 bridgehead atoms. The zero-order valence-corrected chi connectivity index (χ0v) is 25.5. The van der Waals surface area contributed by atoms with Gasteiger partial charge in [0.2, 0.25) is 0 Å². The summed E-state index contributed by atoms with van der Waals surface area (Å²) < 4.78 is 36.3. The maximum Gasteiger partial charge on any atom is 0.341 e. The largest absolute Gasteiger partial charge is 0.508 e. The number of aromatic nitrogens is 6. The minimum Gasteiger partial charge on any atom is -0.508 e. The first-order chi connectivity index (χ1) is 23.7. The summed E-state index contributed by atoms with van der Waals surface area (Å²) in [6.45, 7) is -0.621. The van der Waals surface area contributed by atoms with Gasteiger partial charge in [0, 0.05) is 30.0 Å². The summed E-state index contributed by atoms with van der Waals surface area (Å²) in [5.41, 5.74) is -0.299. The number of rotatable bonds is 10. The third-order valence-electron chi connectivity index (χ3n) is 7.82. The van der Waals surface area contributed by atoms with E-state index in [9.17, 15) is 30.0 Å². The molecule has 2 aromatic carbocycles. The maximum atomic E-state index is 12.6. The Morgan fingerprint density at radius 2 is 1.29 bits per heavy atom. The van der Waals surface area contributed by atoms with Gasteiger partial charge in [-0.15, -0.1) is 0 Å². The van der Waals surface area contributed by atoms with Crippen LogP contribution in [0.3, 0.4) is 0 Å². The molecule has 0 radical (unpaired) electrons. The highest BCUT2D eigenvalue weighted by molar-refractivity contribution is 5.79. The molecular formula is C31H28N6O12. The summed E-state index contributed by atoms with van der Waals surface area (Å²) in [7, 11) is 1.31. The van der Waals surface area contributed by atoms with Gasteiger partial charge in [0.05, 0.1) is 43.2 Å². The molecule has 1 aliphatic heterocycles. The van der Waals surface area contributed by atoms with Crippen LogP contribution in [0.15, 0.2) is 79.3 Å². The van der Waals surface area contributed by atoms with Gasteiger partial charge < -0.3 is 48.2 Å². The quantitative estimate of drug-likeness (QED) is 0.145. The van der Waals surface area contributed by atoms with Crippen molar-refractivity contribution in [2.24, 2.45) is 0 Å². The lowest BCUT2D eigenvalue weighted by Gasteiger charge is -2.42.